The van der Waals surface area contributed by atoms with Gasteiger partial charge in [-0.3, -0.25) is 4.79 Å². The summed E-state index contributed by atoms with van der Waals surface area (Å²) in [6.07, 6.45) is 0. The lowest BCUT2D eigenvalue weighted by Gasteiger charge is -2.12. The van der Waals surface area contributed by atoms with Gasteiger partial charge in [0.25, 0.3) is 0 Å². The number of hydrogen-bond donors (Lipinski definition) is 2. The van der Waals surface area contributed by atoms with Crippen LogP contribution in [0.2, 0.25) is 0 Å². The fourth-order valence-electron chi connectivity index (χ4n) is 1.21. The molecule has 1 amide bonds. The van der Waals surface area contributed by atoms with Gasteiger partial charge in [-0.2, -0.15) is 0 Å². The van der Waals surface area contributed by atoms with Crippen molar-refractivity contribution in [2.45, 2.75) is 13.5 Å². The molecule has 100 valence electrons. The third-order valence-electron chi connectivity index (χ3n) is 2.23. The number of carbonyl (C=O) groups is 1. The zero-order valence-corrected chi connectivity index (χ0v) is 11.9. The number of rotatable bonds is 5. The number of amides is 1. The molecule has 0 aromatic carbocycles. The van der Waals surface area contributed by atoms with Crippen LogP contribution >= 0.6 is 11.3 Å². The van der Waals surface area contributed by atoms with E-state index in [1.165, 1.54) is 9.78 Å². The van der Waals surface area contributed by atoms with Crippen molar-refractivity contribution < 1.29 is 4.79 Å². The monoisotopic (exact) mass is 268 g/mol. The van der Waals surface area contributed by atoms with E-state index in [1.807, 2.05) is 18.4 Å². The largest absolute Gasteiger partial charge is 0.357 e. The van der Waals surface area contributed by atoms with Crippen molar-refractivity contribution in [3.05, 3.63) is 22.4 Å². The second-order valence-electron chi connectivity index (χ2n) is 3.92. The highest BCUT2D eigenvalue weighted by Crippen LogP contribution is 2.07. The quantitative estimate of drug-likeness (QED) is 0.616. The van der Waals surface area contributed by atoms with Gasteiger partial charge >= 0.3 is 0 Å². The molecule has 1 aromatic heterocycles. The van der Waals surface area contributed by atoms with Gasteiger partial charge in [-0.15, -0.1) is 11.3 Å². The first-order valence-electron chi connectivity index (χ1n) is 5.88. The average molecular weight is 268 g/mol. The van der Waals surface area contributed by atoms with Gasteiger partial charge in [0.1, 0.15) is 6.54 Å². The van der Waals surface area contributed by atoms with Gasteiger partial charge in [0, 0.05) is 25.5 Å². The van der Waals surface area contributed by atoms with Crippen LogP contribution < -0.4 is 10.6 Å². The normalized spacial score (nSPS) is 11.2. The van der Waals surface area contributed by atoms with E-state index in [4.69, 9.17) is 0 Å². The van der Waals surface area contributed by atoms with Crippen molar-refractivity contribution in [1.29, 1.82) is 0 Å². The van der Waals surface area contributed by atoms with E-state index < -0.39 is 0 Å². The zero-order valence-electron chi connectivity index (χ0n) is 11.1. The molecule has 1 rings (SSSR count). The van der Waals surface area contributed by atoms with E-state index in [1.54, 1.807) is 25.4 Å². The molecule has 0 bridgehead atoms. The van der Waals surface area contributed by atoms with Crippen LogP contribution in [0.3, 0.4) is 0 Å². The number of nitrogens with one attached hydrogen (secondary N) is 2. The predicted octanol–water partition coefficient (Wildman–Crippen LogP) is 0.891. The molecule has 0 atom stereocenters. The number of hydrogen-bond acceptors (Lipinski definition) is 3. The van der Waals surface area contributed by atoms with Crippen LogP contribution in [-0.2, 0) is 11.3 Å². The molecule has 2 N–H and O–H groups in total. The van der Waals surface area contributed by atoms with Crippen LogP contribution in [0.1, 0.15) is 11.8 Å². The minimum Gasteiger partial charge on any atom is -0.357 e. The number of guanidine groups is 1. The first-order chi connectivity index (χ1) is 8.63. The highest BCUT2D eigenvalue weighted by Gasteiger charge is 2.04. The standard InChI is InChI=1S/C12H20N4OS/c1-4-13-12(15-9-11(17)16(2)3)14-8-10-6-5-7-18-10/h5-7H,4,8-9H2,1-3H3,(H2,13,14,15). The van der Waals surface area contributed by atoms with Crippen LogP contribution in [0.15, 0.2) is 22.5 Å². The van der Waals surface area contributed by atoms with Gasteiger partial charge in [-0.25, -0.2) is 4.99 Å². The summed E-state index contributed by atoms with van der Waals surface area (Å²) >= 11 is 1.69. The Hall–Kier alpha value is -1.56. The molecule has 0 saturated heterocycles. The Bertz CT molecular complexity index is 387. The maximum atomic E-state index is 11.4. The highest BCUT2D eigenvalue weighted by molar-refractivity contribution is 7.09. The van der Waals surface area contributed by atoms with E-state index in [2.05, 4.69) is 21.7 Å². The number of carbonyl (C=O) groups excluding carboxylic acids is 1. The maximum absolute atomic E-state index is 11.4. The lowest BCUT2D eigenvalue weighted by molar-refractivity contribution is -0.127. The highest BCUT2D eigenvalue weighted by atomic mass is 32.1. The van der Waals surface area contributed by atoms with Crippen molar-refractivity contribution >= 4 is 23.2 Å². The van der Waals surface area contributed by atoms with Gasteiger partial charge in [-0.1, -0.05) is 6.07 Å². The summed E-state index contributed by atoms with van der Waals surface area (Å²) in [7, 11) is 3.45. The van der Waals surface area contributed by atoms with E-state index in [0.29, 0.717) is 5.96 Å². The van der Waals surface area contributed by atoms with Gasteiger partial charge in [-0.05, 0) is 18.4 Å². The molecule has 1 heterocycles. The van der Waals surface area contributed by atoms with Gasteiger partial charge in [0.2, 0.25) is 5.91 Å². The minimum atomic E-state index is -0.0108. The second kappa shape index (κ2) is 7.71. The summed E-state index contributed by atoms with van der Waals surface area (Å²) in [5.41, 5.74) is 0. The Morgan fingerprint density at radius 3 is 2.78 bits per heavy atom. The smallest absolute Gasteiger partial charge is 0.243 e. The van der Waals surface area contributed by atoms with Gasteiger partial charge < -0.3 is 15.5 Å². The molecule has 5 nitrogen and oxygen atoms in total. The van der Waals surface area contributed by atoms with Crippen molar-refractivity contribution in [1.82, 2.24) is 15.5 Å². The number of thiophene rings is 1. The Morgan fingerprint density at radius 2 is 2.22 bits per heavy atom. The van der Waals surface area contributed by atoms with Crippen LogP contribution in [0.4, 0.5) is 0 Å². The van der Waals surface area contributed by atoms with Crippen LogP contribution in [0.5, 0.6) is 0 Å². The molecule has 0 fully saturated rings. The molecule has 0 unspecified atom stereocenters. The summed E-state index contributed by atoms with van der Waals surface area (Å²) in [5, 5.41) is 8.35. The van der Waals surface area contributed by atoms with Crippen molar-refractivity contribution in [2.24, 2.45) is 4.99 Å². The molecule has 0 aliphatic carbocycles. The average Bonchev–Trinajstić information content (AvgIpc) is 2.85. The van der Waals surface area contributed by atoms with E-state index >= 15 is 0 Å². The molecule has 0 aliphatic rings. The lowest BCUT2D eigenvalue weighted by Crippen LogP contribution is -2.37. The summed E-state index contributed by atoms with van der Waals surface area (Å²) < 4.78 is 0. The third-order valence-corrected chi connectivity index (χ3v) is 3.10. The topological polar surface area (TPSA) is 56.7 Å². The van der Waals surface area contributed by atoms with Gasteiger partial charge in [0.15, 0.2) is 5.96 Å². The van der Waals surface area contributed by atoms with E-state index in [-0.39, 0.29) is 12.5 Å². The Kier molecular flexibility index (Phi) is 6.21. The molecule has 0 saturated carbocycles. The summed E-state index contributed by atoms with van der Waals surface area (Å²) in [4.78, 5) is 18.5. The lowest BCUT2D eigenvalue weighted by atomic mass is 10.4. The number of likely N-dealkylation sites (N-methyl/N-ethyl adjacent to an activating group) is 1. The van der Waals surface area contributed by atoms with Crippen molar-refractivity contribution in [3.8, 4) is 0 Å². The SMILES string of the molecule is CCNC(=NCC(=O)N(C)C)NCc1cccs1. The van der Waals surface area contributed by atoms with Gasteiger partial charge in [0.05, 0.1) is 6.54 Å². The fraction of sp³-hybridized carbons (Fsp3) is 0.500. The first-order valence-corrected chi connectivity index (χ1v) is 6.76. The summed E-state index contributed by atoms with van der Waals surface area (Å²) in [6, 6.07) is 4.08. The minimum absolute atomic E-state index is 0.0108. The Morgan fingerprint density at radius 1 is 1.44 bits per heavy atom. The Balaban J connectivity index is 2.48. The molecular weight excluding hydrogens is 248 g/mol. The predicted molar refractivity (Wildman–Crippen MR) is 75.8 cm³/mol. The number of aliphatic imine (C=N–C) groups is 1. The van der Waals surface area contributed by atoms with E-state index in [0.717, 1.165) is 13.1 Å². The second-order valence-corrected chi connectivity index (χ2v) is 4.95. The summed E-state index contributed by atoms with van der Waals surface area (Å²) in [6.45, 7) is 3.65. The Labute approximate surface area is 112 Å². The molecule has 0 spiro atoms. The molecule has 0 radical (unpaired) electrons. The third kappa shape index (κ3) is 5.18. The fourth-order valence-corrected chi connectivity index (χ4v) is 1.86. The van der Waals surface area contributed by atoms with Crippen LogP contribution in [-0.4, -0.2) is 44.0 Å². The molecular formula is C12H20N4OS. The molecule has 0 aliphatic heterocycles. The molecule has 18 heavy (non-hydrogen) atoms. The number of nitrogens with zero attached hydrogens (tertiary/aromatic N) is 2. The van der Waals surface area contributed by atoms with Crippen molar-refractivity contribution in [3.63, 3.8) is 0 Å². The molecule has 1 aromatic rings. The van der Waals surface area contributed by atoms with Crippen molar-refractivity contribution in [2.75, 3.05) is 27.2 Å². The summed E-state index contributed by atoms with van der Waals surface area (Å²) in [5.74, 6) is 0.657. The first kappa shape index (κ1) is 14.5. The van der Waals surface area contributed by atoms with Crippen LogP contribution in [0.25, 0.3) is 0 Å². The van der Waals surface area contributed by atoms with Crippen LogP contribution in [0, 0.1) is 0 Å². The van der Waals surface area contributed by atoms with E-state index in [9.17, 15) is 4.79 Å². The zero-order chi connectivity index (χ0) is 13.4. The molecule has 6 heteroatoms. The maximum Gasteiger partial charge on any atom is 0.243 e.